The lowest BCUT2D eigenvalue weighted by Crippen LogP contribution is -2.42. The fourth-order valence-electron chi connectivity index (χ4n) is 4.16. The Morgan fingerprint density at radius 2 is 1.83 bits per heavy atom. The molecule has 0 aliphatic carbocycles. The first-order chi connectivity index (χ1) is 14.5. The molecule has 1 unspecified atom stereocenters. The molecule has 4 rings (SSSR count). The number of aromatic nitrogens is 2. The van der Waals surface area contributed by atoms with E-state index in [1.54, 1.807) is 0 Å². The number of fused-ring (bicyclic) bond motifs is 1. The van der Waals surface area contributed by atoms with E-state index in [-0.39, 0.29) is 11.8 Å². The summed E-state index contributed by atoms with van der Waals surface area (Å²) in [5, 5.41) is 4.26. The molecule has 1 fully saturated rings. The minimum Gasteiger partial charge on any atom is -0.355 e. The Bertz CT molecular complexity index is 1030. The molecule has 156 valence electrons. The molecule has 1 atom stereocenters. The normalized spacial score (nSPS) is 15.9. The summed E-state index contributed by atoms with van der Waals surface area (Å²) in [4.78, 5) is 24.4. The van der Waals surface area contributed by atoms with Crippen LogP contribution in [0.2, 0.25) is 0 Å². The van der Waals surface area contributed by atoms with Crippen molar-refractivity contribution in [2.24, 2.45) is 5.92 Å². The van der Waals surface area contributed by atoms with E-state index in [1.165, 1.54) is 11.1 Å². The van der Waals surface area contributed by atoms with E-state index in [9.17, 15) is 4.79 Å². The van der Waals surface area contributed by atoms with Gasteiger partial charge in [-0.15, -0.1) is 0 Å². The number of hydrogen-bond acceptors (Lipinski definition) is 4. The Kier molecular flexibility index (Phi) is 5.98. The molecule has 0 spiro atoms. The van der Waals surface area contributed by atoms with E-state index in [0.717, 1.165) is 48.5 Å². The maximum atomic E-state index is 12.7. The molecule has 1 aliphatic rings. The predicted octanol–water partition coefficient (Wildman–Crippen LogP) is 4.38. The number of carbonyl (C=O) groups excluding carboxylic acids is 1. The molecule has 1 aliphatic heterocycles. The number of carbonyl (C=O) groups is 1. The second kappa shape index (κ2) is 8.82. The van der Waals surface area contributed by atoms with Crippen molar-refractivity contribution >= 4 is 22.8 Å². The topological polar surface area (TPSA) is 58.1 Å². The highest BCUT2D eigenvalue weighted by atomic mass is 16.1. The predicted molar refractivity (Wildman–Crippen MR) is 122 cm³/mol. The van der Waals surface area contributed by atoms with E-state index < -0.39 is 0 Å². The number of hydrogen-bond donors (Lipinski definition) is 1. The van der Waals surface area contributed by atoms with Gasteiger partial charge in [-0.05, 0) is 49.8 Å². The van der Waals surface area contributed by atoms with Crippen LogP contribution in [0.5, 0.6) is 0 Å². The number of benzene rings is 2. The Hall–Kier alpha value is -2.95. The maximum Gasteiger partial charge on any atom is 0.226 e. The average molecular weight is 403 g/mol. The first kappa shape index (κ1) is 20.3. The van der Waals surface area contributed by atoms with Gasteiger partial charge in [0.05, 0.1) is 11.2 Å². The van der Waals surface area contributed by atoms with Gasteiger partial charge in [0.15, 0.2) is 0 Å². The highest BCUT2D eigenvalue weighted by molar-refractivity contribution is 5.82. The number of nitrogens with one attached hydrogen (secondary N) is 1. The van der Waals surface area contributed by atoms with Gasteiger partial charge in [0, 0.05) is 30.9 Å². The number of nitrogens with zero attached hydrogens (tertiary/aromatic N) is 3. The molecule has 1 aromatic heterocycles. The molecule has 0 bridgehead atoms. The molecule has 1 amide bonds. The van der Waals surface area contributed by atoms with E-state index in [0.29, 0.717) is 12.5 Å². The van der Waals surface area contributed by atoms with Gasteiger partial charge in [0.25, 0.3) is 0 Å². The second-order valence-electron chi connectivity index (χ2n) is 8.45. The standard InChI is InChI=1S/C25H30N4O/c1-17-9-10-22-19(3)27-25(28-23(22)15-17)29-13-11-21(12-14-29)24(30)26-16-18(2)20-7-5-4-6-8-20/h4-10,15,18,21H,11-14,16H2,1-3H3,(H,26,30). The summed E-state index contributed by atoms with van der Waals surface area (Å²) in [6.07, 6.45) is 1.67. The number of rotatable bonds is 5. The van der Waals surface area contributed by atoms with Crippen molar-refractivity contribution in [3.8, 4) is 0 Å². The monoisotopic (exact) mass is 402 g/mol. The van der Waals surface area contributed by atoms with Crippen molar-refractivity contribution in [1.29, 1.82) is 0 Å². The molecule has 30 heavy (non-hydrogen) atoms. The van der Waals surface area contributed by atoms with E-state index in [4.69, 9.17) is 9.97 Å². The summed E-state index contributed by atoms with van der Waals surface area (Å²) in [6, 6.07) is 16.6. The molecule has 1 saturated heterocycles. The lowest BCUT2D eigenvalue weighted by molar-refractivity contribution is -0.125. The first-order valence-electron chi connectivity index (χ1n) is 10.8. The van der Waals surface area contributed by atoms with Crippen molar-refractivity contribution in [3.05, 3.63) is 65.4 Å². The molecule has 2 aromatic carbocycles. The molecule has 0 saturated carbocycles. The second-order valence-corrected chi connectivity index (χ2v) is 8.45. The fraction of sp³-hybridized carbons (Fsp3) is 0.400. The fourth-order valence-corrected chi connectivity index (χ4v) is 4.16. The zero-order valence-electron chi connectivity index (χ0n) is 18.1. The summed E-state index contributed by atoms with van der Waals surface area (Å²) >= 11 is 0. The van der Waals surface area contributed by atoms with Crippen molar-refractivity contribution in [1.82, 2.24) is 15.3 Å². The van der Waals surface area contributed by atoms with Crippen LogP contribution in [0.1, 0.15) is 42.5 Å². The van der Waals surface area contributed by atoms with E-state index >= 15 is 0 Å². The molecule has 0 radical (unpaired) electrons. The third-order valence-corrected chi connectivity index (χ3v) is 6.13. The van der Waals surface area contributed by atoms with Crippen LogP contribution >= 0.6 is 0 Å². The summed E-state index contributed by atoms with van der Waals surface area (Å²) in [5.74, 6) is 1.33. The molecule has 3 aromatic rings. The van der Waals surface area contributed by atoms with E-state index in [1.807, 2.05) is 25.1 Å². The van der Waals surface area contributed by atoms with Crippen LogP contribution < -0.4 is 10.2 Å². The van der Waals surface area contributed by atoms with Gasteiger partial charge in [-0.25, -0.2) is 9.97 Å². The van der Waals surface area contributed by atoms with Crippen molar-refractivity contribution in [2.75, 3.05) is 24.5 Å². The minimum absolute atomic E-state index is 0.0630. The maximum absolute atomic E-state index is 12.7. The number of piperidine rings is 1. The number of anilines is 1. The summed E-state index contributed by atoms with van der Waals surface area (Å²) in [6.45, 7) is 8.57. The van der Waals surface area contributed by atoms with Gasteiger partial charge in [0.1, 0.15) is 0 Å². The molecular weight excluding hydrogens is 372 g/mol. The van der Waals surface area contributed by atoms with Gasteiger partial charge in [-0.2, -0.15) is 0 Å². The van der Waals surface area contributed by atoms with Gasteiger partial charge in [-0.3, -0.25) is 4.79 Å². The zero-order valence-corrected chi connectivity index (χ0v) is 18.1. The Morgan fingerprint density at radius 3 is 2.57 bits per heavy atom. The minimum atomic E-state index is 0.0630. The Balaban J connectivity index is 1.34. The highest BCUT2D eigenvalue weighted by Gasteiger charge is 2.26. The van der Waals surface area contributed by atoms with Crippen LogP contribution in [0, 0.1) is 19.8 Å². The third kappa shape index (κ3) is 4.45. The highest BCUT2D eigenvalue weighted by Crippen LogP contribution is 2.25. The molecule has 5 heteroatoms. The lowest BCUT2D eigenvalue weighted by Gasteiger charge is -2.31. The van der Waals surface area contributed by atoms with Crippen LogP contribution in [0.3, 0.4) is 0 Å². The van der Waals surface area contributed by atoms with Crippen molar-refractivity contribution < 1.29 is 4.79 Å². The van der Waals surface area contributed by atoms with Crippen LogP contribution in [0.25, 0.3) is 10.9 Å². The van der Waals surface area contributed by atoms with Gasteiger partial charge in [-0.1, -0.05) is 49.4 Å². The van der Waals surface area contributed by atoms with Crippen LogP contribution in [0.4, 0.5) is 5.95 Å². The SMILES string of the molecule is Cc1ccc2c(C)nc(N3CCC(C(=O)NCC(C)c4ccccc4)CC3)nc2c1. The van der Waals surface area contributed by atoms with Gasteiger partial charge in [0.2, 0.25) is 11.9 Å². The van der Waals surface area contributed by atoms with Gasteiger partial charge >= 0.3 is 0 Å². The third-order valence-electron chi connectivity index (χ3n) is 6.13. The van der Waals surface area contributed by atoms with Crippen LogP contribution in [0.15, 0.2) is 48.5 Å². The number of amides is 1. The molecular formula is C25H30N4O. The van der Waals surface area contributed by atoms with E-state index in [2.05, 4.69) is 54.4 Å². The summed E-state index contributed by atoms with van der Waals surface area (Å²) in [5.41, 5.74) is 4.45. The molecule has 5 nitrogen and oxygen atoms in total. The Labute approximate surface area is 178 Å². The number of aryl methyl sites for hydroxylation is 2. The zero-order chi connectivity index (χ0) is 21.1. The lowest BCUT2D eigenvalue weighted by atomic mass is 9.95. The summed E-state index contributed by atoms with van der Waals surface area (Å²) < 4.78 is 0. The van der Waals surface area contributed by atoms with Crippen LogP contribution in [-0.2, 0) is 4.79 Å². The van der Waals surface area contributed by atoms with Crippen molar-refractivity contribution in [2.45, 2.75) is 39.5 Å². The van der Waals surface area contributed by atoms with Gasteiger partial charge < -0.3 is 10.2 Å². The smallest absolute Gasteiger partial charge is 0.226 e. The largest absolute Gasteiger partial charge is 0.355 e. The molecule has 1 N–H and O–H groups in total. The summed E-state index contributed by atoms with van der Waals surface area (Å²) in [7, 11) is 0. The van der Waals surface area contributed by atoms with Crippen LogP contribution in [-0.4, -0.2) is 35.5 Å². The first-order valence-corrected chi connectivity index (χ1v) is 10.8. The quantitative estimate of drug-likeness (QED) is 0.688. The molecule has 2 heterocycles. The average Bonchev–Trinajstić information content (AvgIpc) is 2.77. The van der Waals surface area contributed by atoms with Crippen molar-refractivity contribution in [3.63, 3.8) is 0 Å². The Morgan fingerprint density at radius 1 is 1.10 bits per heavy atom.